The lowest BCUT2D eigenvalue weighted by atomic mass is 10.3. The summed E-state index contributed by atoms with van der Waals surface area (Å²) < 4.78 is 10.2. The second kappa shape index (κ2) is 11.9. The van der Waals surface area contributed by atoms with Crippen molar-refractivity contribution in [3.05, 3.63) is 0 Å². The number of nitrogens with zero attached hydrogens (tertiary/aromatic N) is 1. The molecule has 1 N–H and O–H groups in total. The molecule has 0 unspecified atom stereocenters. The van der Waals surface area contributed by atoms with Gasteiger partial charge in [-0.1, -0.05) is 13.8 Å². The number of hydrogen-bond donors (Lipinski definition) is 1. The van der Waals surface area contributed by atoms with Crippen LogP contribution in [0.25, 0.3) is 0 Å². The van der Waals surface area contributed by atoms with Crippen LogP contribution >= 0.6 is 0 Å². The number of ether oxygens (including phenoxy) is 2. The van der Waals surface area contributed by atoms with Gasteiger partial charge in [-0.05, 0) is 6.92 Å². The summed E-state index contributed by atoms with van der Waals surface area (Å²) in [6, 6.07) is 0. The monoisotopic (exact) mass is 274 g/mol. The summed E-state index contributed by atoms with van der Waals surface area (Å²) >= 11 is 0. The molecule has 0 aromatic carbocycles. The lowest BCUT2D eigenvalue weighted by molar-refractivity contribution is -0.118. The summed E-state index contributed by atoms with van der Waals surface area (Å²) in [4.78, 5) is 23.8. The Labute approximate surface area is 115 Å². The molecule has 112 valence electrons. The lowest BCUT2D eigenvalue weighted by Crippen LogP contribution is -2.46. The molecule has 0 atom stereocenters. The van der Waals surface area contributed by atoms with Crippen molar-refractivity contribution in [2.45, 2.75) is 27.2 Å². The molecule has 1 saturated heterocycles. The largest absolute Gasteiger partial charge is 0.447 e. The number of nitrogens with one attached hydrogen (secondary N) is 1. The lowest BCUT2D eigenvalue weighted by Gasteiger charge is -2.26. The zero-order valence-electron chi connectivity index (χ0n) is 12.2. The van der Waals surface area contributed by atoms with E-state index in [1.165, 1.54) is 6.92 Å². The van der Waals surface area contributed by atoms with Crippen LogP contribution in [0.4, 0.5) is 4.79 Å². The Kier molecular flexibility index (Phi) is 11.2. The van der Waals surface area contributed by atoms with Crippen LogP contribution in [0.15, 0.2) is 0 Å². The van der Waals surface area contributed by atoms with Crippen molar-refractivity contribution >= 4 is 11.9 Å². The summed E-state index contributed by atoms with van der Waals surface area (Å²) in [5.41, 5.74) is 0. The predicted octanol–water partition coefficient (Wildman–Crippen LogP) is 1.05. The first-order valence-corrected chi connectivity index (χ1v) is 6.90. The Morgan fingerprint density at radius 3 is 2.32 bits per heavy atom. The van der Waals surface area contributed by atoms with E-state index in [2.05, 4.69) is 5.32 Å². The topological polar surface area (TPSA) is 67.9 Å². The molecular weight excluding hydrogens is 248 g/mol. The van der Waals surface area contributed by atoms with Gasteiger partial charge in [0.2, 0.25) is 0 Å². The maximum Gasteiger partial charge on any atom is 0.409 e. The normalized spacial score (nSPS) is 14.4. The van der Waals surface area contributed by atoms with E-state index < -0.39 is 0 Å². The first kappa shape index (κ1) is 17.9. The first-order chi connectivity index (χ1) is 9.20. The van der Waals surface area contributed by atoms with Crippen LogP contribution in [0.2, 0.25) is 0 Å². The number of amides is 1. The zero-order valence-corrected chi connectivity index (χ0v) is 12.2. The van der Waals surface area contributed by atoms with Crippen LogP contribution in [0.5, 0.6) is 0 Å². The van der Waals surface area contributed by atoms with E-state index in [1.807, 2.05) is 13.8 Å². The van der Waals surface area contributed by atoms with Gasteiger partial charge in [-0.2, -0.15) is 0 Å². The van der Waals surface area contributed by atoms with Crippen LogP contribution in [0.3, 0.4) is 0 Å². The van der Waals surface area contributed by atoms with E-state index in [-0.39, 0.29) is 18.5 Å². The minimum Gasteiger partial charge on any atom is -0.447 e. The Morgan fingerprint density at radius 2 is 1.74 bits per heavy atom. The average molecular weight is 274 g/mol. The zero-order chi connectivity index (χ0) is 14.5. The van der Waals surface area contributed by atoms with Crippen LogP contribution in [-0.4, -0.2) is 62.8 Å². The Bertz CT molecular complexity index is 253. The molecule has 1 amide bonds. The number of hydrogen-bond acceptors (Lipinski definition) is 5. The van der Waals surface area contributed by atoms with Gasteiger partial charge in [-0.25, -0.2) is 4.79 Å². The van der Waals surface area contributed by atoms with Crippen LogP contribution in [0.1, 0.15) is 27.2 Å². The average Bonchev–Trinajstić information content (AvgIpc) is 2.45. The molecule has 1 aliphatic heterocycles. The number of rotatable bonds is 6. The second-order valence-corrected chi connectivity index (χ2v) is 3.92. The molecule has 6 heteroatoms. The minimum absolute atomic E-state index is 0.0998. The van der Waals surface area contributed by atoms with Gasteiger partial charge in [0.15, 0.2) is 0 Å². The molecule has 1 heterocycles. The number of carbonyl (C=O) groups excluding carboxylic acids is 2. The third-order valence-electron chi connectivity index (χ3n) is 2.43. The second-order valence-electron chi connectivity index (χ2n) is 3.92. The van der Waals surface area contributed by atoms with Crippen molar-refractivity contribution < 1.29 is 19.1 Å². The number of ketones is 1. The molecule has 0 radical (unpaired) electrons. The van der Waals surface area contributed by atoms with Crippen molar-refractivity contribution in [1.29, 1.82) is 0 Å². The Balaban J connectivity index is 0.00000154. The molecule has 0 bridgehead atoms. The summed E-state index contributed by atoms with van der Waals surface area (Å²) in [5.74, 6) is 0.0998. The number of carbonyl (C=O) groups is 2. The third-order valence-corrected chi connectivity index (χ3v) is 2.43. The SMILES string of the molecule is CC.CC(=O)CCOCCOC(=O)N1CCNCC1. The molecule has 0 aromatic heterocycles. The molecule has 19 heavy (non-hydrogen) atoms. The molecule has 0 spiro atoms. The Hall–Kier alpha value is -1.14. The van der Waals surface area contributed by atoms with E-state index in [4.69, 9.17) is 9.47 Å². The van der Waals surface area contributed by atoms with Gasteiger partial charge in [-0.3, -0.25) is 4.79 Å². The molecule has 1 aliphatic rings. The van der Waals surface area contributed by atoms with Gasteiger partial charge in [0.25, 0.3) is 0 Å². The molecule has 0 saturated carbocycles. The first-order valence-electron chi connectivity index (χ1n) is 6.90. The highest BCUT2D eigenvalue weighted by Crippen LogP contribution is 1.96. The standard InChI is InChI=1S/C11H20N2O4.C2H6/c1-10(14)2-7-16-8-9-17-11(15)13-5-3-12-4-6-13;1-2/h12H,2-9H2,1H3;1-2H3. The third kappa shape index (κ3) is 9.44. The van der Waals surface area contributed by atoms with Gasteiger partial charge in [0.05, 0.1) is 13.2 Å². The minimum atomic E-state index is -0.290. The fraction of sp³-hybridized carbons (Fsp3) is 0.846. The molecule has 0 aromatic rings. The van der Waals surface area contributed by atoms with Crippen molar-refractivity contribution in [3.63, 3.8) is 0 Å². The van der Waals surface area contributed by atoms with Crippen LogP contribution < -0.4 is 5.32 Å². The van der Waals surface area contributed by atoms with E-state index in [1.54, 1.807) is 4.90 Å². The van der Waals surface area contributed by atoms with E-state index in [0.717, 1.165) is 13.1 Å². The summed E-state index contributed by atoms with van der Waals surface area (Å²) in [6.07, 6.45) is 0.118. The number of piperazine rings is 1. The van der Waals surface area contributed by atoms with Gasteiger partial charge < -0.3 is 19.7 Å². The quantitative estimate of drug-likeness (QED) is 0.733. The van der Waals surface area contributed by atoms with Crippen molar-refractivity contribution in [2.75, 3.05) is 46.0 Å². The molecule has 0 aliphatic carbocycles. The van der Waals surface area contributed by atoms with E-state index >= 15 is 0 Å². The van der Waals surface area contributed by atoms with E-state index in [9.17, 15) is 9.59 Å². The molecule has 1 rings (SSSR count). The summed E-state index contributed by atoms with van der Waals surface area (Å²) in [5, 5.41) is 3.16. The highest BCUT2D eigenvalue weighted by atomic mass is 16.6. The molecule has 1 fully saturated rings. The highest BCUT2D eigenvalue weighted by molar-refractivity contribution is 5.75. The fourth-order valence-electron chi connectivity index (χ4n) is 1.44. The summed E-state index contributed by atoms with van der Waals surface area (Å²) in [6.45, 7) is 9.47. The summed E-state index contributed by atoms with van der Waals surface area (Å²) in [7, 11) is 0. The van der Waals surface area contributed by atoms with Crippen LogP contribution in [-0.2, 0) is 14.3 Å². The molecular formula is C13H26N2O4. The van der Waals surface area contributed by atoms with Crippen molar-refractivity contribution in [1.82, 2.24) is 10.2 Å². The molecule has 6 nitrogen and oxygen atoms in total. The number of Topliss-reactive ketones (excluding diaryl/α,β-unsaturated/α-hetero) is 1. The Morgan fingerprint density at radius 1 is 1.11 bits per heavy atom. The van der Waals surface area contributed by atoms with Crippen LogP contribution in [0, 0.1) is 0 Å². The van der Waals surface area contributed by atoms with Gasteiger partial charge in [-0.15, -0.1) is 0 Å². The van der Waals surface area contributed by atoms with Gasteiger partial charge in [0, 0.05) is 32.6 Å². The van der Waals surface area contributed by atoms with Crippen molar-refractivity contribution in [2.24, 2.45) is 0 Å². The fourth-order valence-corrected chi connectivity index (χ4v) is 1.44. The van der Waals surface area contributed by atoms with Crippen molar-refractivity contribution in [3.8, 4) is 0 Å². The van der Waals surface area contributed by atoms with E-state index in [0.29, 0.717) is 32.7 Å². The maximum atomic E-state index is 11.5. The highest BCUT2D eigenvalue weighted by Gasteiger charge is 2.16. The van der Waals surface area contributed by atoms with Gasteiger partial charge in [0.1, 0.15) is 12.4 Å². The smallest absolute Gasteiger partial charge is 0.409 e. The predicted molar refractivity (Wildman–Crippen MR) is 73.3 cm³/mol. The maximum absolute atomic E-state index is 11.5. The van der Waals surface area contributed by atoms with Gasteiger partial charge >= 0.3 is 6.09 Å².